The summed E-state index contributed by atoms with van der Waals surface area (Å²) in [5.41, 5.74) is 2.11. The molecular formula is C16H22O2. The van der Waals surface area contributed by atoms with Gasteiger partial charge < -0.3 is 4.74 Å². The van der Waals surface area contributed by atoms with Gasteiger partial charge in [0.1, 0.15) is 0 Å². The van der Waals surface area contributed by atoms with Crippen LogP contribution in [-0.2, 0) is 11.2 Å². The van der Waals surface area contributed by atoms with Crippen LogP contribution in [-0.4, -0.2) is 19.0 Å². The van der Waals surface area contributed by atoms with Crippen molar-refractivity contribution in [2.45, 2.75) is 33.1 Å². The van der Waals surface area contributed by atoms with Crippen molar-refractivity contribution in [2.24, 2.45) is 11.8 Å². The van der Waals surface area contributed by atoms with Crippen LogP contribution in [0.25, 0.3) is 0 Å². The lowest BCUT2D eigenvalue weighted by molar-refractivity contribution is 0.0461. The van der Waals surface area contributed by atoms with E-state index in [9.17, 15) is 4.79 Å². The molecule has 1 aliphatic heterocycles. The minimum absolute atomic E-state index is 0.0630. The summed E-state index contributed by atoms with van der Waals surface area (Å²) in [5, 5.41) is 0. The molecule has 0 aliphatic carbocycles. The molecule has 0 amide bonds. The Kier molecular flexibility index (Phi) is 4.54. The first kappa shape index (κ1) is 13.3. The van der Waals surface area contributed by atoms with Crippen molar-refractivity contribution < 1.29 is 9.53 Å². The second-order valence-corrected chi connectivity index (χ2v) is 5.58. The molecule has 18 heavy (non-hydrogen) atoms. The van der Waals surface area contributed by atoms with Crippen LogP contribution in [0.5, 0.6) is 0 Å². The lowest BCUT2D eigenvalue weighted by atomic mass is 9.91. The van der Waals surface area contributed by atoms with Crippen molar-refractivity contribution in [1.29, 1.82) is 0 Å². The lowest BCUT2D eigenvalue weighted by Gasteiger charge is -2.21. The van der Waals surface area contributed by atoms with E-state index in [1.54, 1.807) is 0 Å². The van der Waals surface area contributed by atoms with Gasteiger partial charge in [0.05, 0.1) is 6.61 Å². The normalized spacial score (nSPS) is 20.1. The van der Waals surface area contributed by atoms with Gasteiger partial charge in [-0.05, 0) is 36.8 Å². The largest absolute Gasteiger partial charge is 0.381 e. The maximum Gasteiger partial charge on any atom is 0.168 e. The first-order chi connectivity index (χ1) is 8.66. The van der Waals surface area contributed by atoms with E-state index < -0.39 is 0 Å². The Morgan fingerprint density at radius 2 is 2.28 bits per heavy atom. The first-order valence-electron chi connectivity index (χ1n) is 6.87. The van der Waals surface area contributed by atoms with Gasteiger partial charge >= 0.3 is 0 Å². The third kappa shape index (κ3) is 3.42. The molecule has 1 saturated heterocycles. The van der Waals surface area contributed by atoms with Crippen LogP contribution in [0.15, 0.2) is 24.3 Å². The Morgan fingerprint density at radius 1 is 1.44 bits per heavy atom. The molecule has 98 valence electrons. The van der Waals surface area contributed by atoms with Crippen LogP contribution < -0.4 is 0 Å². The molecule has 2 nitrogen and oxygen atoms in total. The van der Waals surface area contributed by atoms with E-state index in [1.807, 2.05) is 12.1 Å². The number of ketones is 1. The summed E-state index contributed by atoms with van der Waals surface area (Å²) in [6.07, 6.45) is 3.00. The van der Waals surface area contributed by atoms with Crippen LogP contribution in [0.3, 0.4) is 0 Å². The molecule has 1 heterocycles. The van der Waals surface area contributed by atoms with E-state index >= 15 is 0 Å². The SMILES string of the molecule is CC(C)Cc1cccc(C(=O)C2CCCOC2)c1. The Morgan fingerprint density at radius 3 is 2.94 bits per heavy atom. The number of Topliss-reactive ketones (excluding diaryl/α,β-unsaturated/α-hetero) is 1. The summed E-state index contributed by atoms with van der Waals surface area (Å²) in [5.74, 6) is 0.932. The Balaban J connectivity index is 2.09. The van der Waals surface area contributed by atoms with E-state index in [2.05, 4.69) is 26.0 Å². The number of carbonyl (C=O) groups excluding carboxylic acids is 1. The van der Waals surface area contributed by atoms with Crippen molar-refractivity contribution in [2.75, 3.05) is 13.2 Å². The number of ether oxygens (including phenoxy) is 1. The average molecular weight is 246 g/mol. The molecule has 1 atom stereocenters. The van der Waals surface area contributed by atoms with Gasteiger partial charge in [-0.2, -0.15) is 0 Å². The van der Waals surface area contributed by atoms with Gasteiger partial charge in [0.15, 0.2) is 5.78 Å². The predicted octanol–water partition coefficient (Wildman–Crippen LogP) is 3.49. The highest BCUT2D eigenvalue weighted by Crippen LogP contribution is 2.20. The number of carbonyl (C=O) groups is 1. The fourth-order valence-electron chi connectivity index (χ4n) is 2.51. The summed E-state index contributed by atoms with van der Waals surface area (Å²) in [4.78, 5) is 12.4. The molecule has 0 saturated carbocycles. The van der Waals surface area contributed by atoms with E-state index in [4.69, 9.17) is 4.74 Å². The number of hydrogen-bond donors (Lipinski definition) is 0. The zero-order chi connectivity index (χ0) is 13.0. The van der Waals surface area contributed by atoms with Crippen molar-refractivity contribution in [1.82, 2.24) is 0 Å². The standard InChI is InChI=1S/C16H22O2/c1-12(2)9-13-5-3-6-14(10-13)16(17)15-7-4-8-18-11-15/h3,5-6,10,12,15H,4,7-9,11H2,1-2H3. The fraction of sp³-hybridized carbons (Fsp3) is 0.562. The van der Waals surface area contributed by atoms with Gasteiger partial charge in [0.25, 0.3) is 0 Å². The van der Waals surface area contributed by atoms with Crippen LogP contribution in [0.4, 0.5) is 0 Å². The van der Waals surface area contributed by atoms with Crippen molar-refractivity contribution in [3.05, 3.63) is 35.4 Å². The van der Waals surface area contributed by atoms with Gasteiger partial charge in [-0.3, -0.25) is 4.79 Å². The Bertz CT molecular complexity index is 403. The van der Waals surface area contributed by atoms with Crippen molar-refractivity contribution in [3.8, 4) is 0 Å². The summed E-state index contributed by atoms with van der Waals surface area (Å²) in [6, 6.07) is 8.08. The summed E-state index contributed by atoms with van der Waals surface area (Å²) in [6.45, 7) is 5.79. The maximum atomic E-state index is 12.4. The van der Waals surface area contributed by atoms with Gasteiger partial charge in [0.2, 0.25) is 0 Å². The monoisotopic (exact) mass is 246 g/mol. The highest BCUT2D eigenvalue weighted by molar-refractivity contribution is 5.98. The molecule has 0 aromatic heterocycles. The van der Waals surface area contributed by atoms with Crippen molar-refractivity contribution >= 4 is 5.78 Å². The number of rotatable bonds is 4. The molecule has 1 unspecified atom stereocenters. The summed E-state index contributed by atoms with van der Waals surface area (Å²) < 4.78 is 5.40. The molecule has 1 aliphatic rings. The number of benzene rings is 1. The smallest absolute Gasteiger partial charge is 0.168 e. The van der Waals surface area contributed by atoms with Gasteiger partial charge in [-0.15, -0.1) is 0 Å². The predicted molar refractivity (Wildman–Crippen MR) is 72.9 cm³/mol. The zero-order valence-corrected chi connectivity index (χ0v) is 11.3. The van der Waals surface area contributed by atoms with Gasteiger partial charge in [0, 0.05) is 18.1 Å². The van der Waals surface area contributed by atoms with Gasteiger partial charge in [-0.25, -0.2) is 0 Å². The Hall–Kier alpha value is -1.15. The lowest BCUT2D eigenvalue weighted by Crippen LogP contribution is -2.25. The van der Waals surface area contributed by atoms with E-state index in [0.717, 1.165) is 31.4 Å². The van der Waals surface area contributed by atoms with E-state index in [-0.39, 0.29) is 11.7 Å². The molecule has 0 bridgehead atoms. The second kappa shape index (κ2) is 6.14. The first-order valence-corrected chi connectivity index (χ1v) is 6.87. The molecule has 2 rings (SSSR count). The van der Waals surface area contributed by atoms with E-state index in [0.29, 0.717) is 12.5 Å². The van der Waals surface area contributed by atoms with Crippen LogP contribution in [0.1, 0.15) is 42.6 Å². The fourth-order valence-corrected chi connectivity index (χ4v) is 2.51. The van der Waals surface area contributed by atoms with Crippen molar-refractivity contribution in [3.63, 3.8) is 0 Å². The van der Waals surface area contributed by atoms with E-state index in [1.165, 1.54) is 5.56 Å². The minimum Gasteiger partial charge on any atom is -0.381 e. The molecule has 2 heteroatoms. The summed E-state index contributed by atoms with van der Waals surface area (Å²) in [7, 11) is 0. The molecule has 0 N–H and O–H groups in total. The molecule has 1 aromatic carbocycles. The third-order valence-electron chi connectivity index (χ3n) is 3.39. The van der Waals surface area contributed by atoms with Crippen LogP contribution in [0.2, 0.25) is 0 Å². The third-order valence-corrected chi connectivity index (χ3v) is 3.39. The highest BCUT2D eigenvalue weighted by Gasteiger charge is 2.22. The van der Waals surface area contributed by atoms with Crippen LogP contribution >= 0.6 is 0 Å². The van der Waals surface area contributed by atoms with Gasteiger partial charge in [-0.1, -0.05) is 32.0 Å². The number of hydrogen-bond acceptors (Lipinski definition) is 2. The molecule has 0 spiro atoms. The second-order valence-electron chi connectivity index (χ2n) is 5.58. The molecule has 1 aromatic rings. The average Bonchev–Trinajstić information content (AvgIpc) is 2.38. The molecular weight excluding hydrogens is 224 g/mol. The van der Waals surface area contributed by atoms with Crippen LogP contribution in [0, 0.1) is 11.8 Å². The maximum absolute atomic E-state index is 12.4. The molecule has 1 fully saturated rings. The minimum atomic E-state index is 0.0630. The quantitative estimate of drug-likeness (QED) is 0.760. The highest BCUT2D eigenvalue weighted by atomic mass is 16.5. The molecule has 0 radical (unpaired) electrons. The Labute approximate surface area is 109 Å². The topological polar surface area (TPSA) is 26.3 Å². The zero-order valence-electron chi connectivity index (χ0n) is 11.3. The summed E-state index contributed by atoms with van der Waals surface area (Å²) >= 11 is 0.